The van der Waals surface area contributed by atoms with E-state index in [0.29, 0.717) is 23.9 Å². The number of hydrogen-bond acceptors (Lipinski definition) is 6. The van der Waals surface area contributed by atoms with Crippen LogP contribution in [0.15, 0.2) is 30.6 Å². The third-order valence-corrected chi connectivity index (χ3v) is 5.24. The van der Waals surface area contributed by atoms with Crippen molar-refractivity contribution in [2.75, 3.05) is 20.3 Å². The summed E-state index contributed by atoms with van der Waals surface area (Å²) < 4.78 is 10.7. The van der Waals surface area contributed by atoms with Crippen molar-refractivity contribution in [3.05, 3.63) is 46.6 Å². The van der Waals surface area contributed by atoms with Gasteiger partial charge in [-0.05, 0) is 43.5 Å². The highest BCUT2D eigenvalue weighted by molar-refractivity contribution is 7.20. The van der Waals surface area contributed by atoms with Crippen LogP contribution in [0.25, 0.3) is 10.2 Å². The van der Waals surface area contributed by atoms with E-state index in [9.17, 15) is 4.79 Å². The van der Waals surface area contributed by atoms with Crippen molar-refractivity contribution in [2.45, 2.75) is 20.3 Å². The molecule has 0 aliphatic carbocycles. The maximum Gasteiger partial charge on any atom is 0.261 e. The predicted molar refractivity (Wildman–Crippen MR) is 102 cm³/mol. The summed E-state index contributed by atoms with van der Waals surface area (Å²) >= 11 is 1.36. The highest BCUT2D eigenvalue weighted by Gasteiger charge is 2.19. The molecule has 1 aromatic carbocycles. The number of carbonyl (C=O) groups excluding carboxylic acids is 1. The summed E-state index contributed by atoms with van der Waals surface area (Å²) in [5.41, 5.74) is 2.00. The lowest BCUT2D eigenvalue weighted by Crippen LogP contribution is -2.25. The molecule has 0 saturated carbocycles. The molecular weight excluding hydrogens is 350 g/mol. The Labute approximate surface area is 156 Å². The summed E-state index contributed by atoms with van der Waals surface area (Å²) in [5, 5.41) is 3.80. The minimum atomic E-state index is -0.0959. The number of nitrogens with one attached hydrogen (secondary N) is 1. The zero-order valence-corrected chi connectivity index (χ0v) is 15.9. The molecule has 26 heavy (non-hydrogen) atoms. The Morgan fingerprint density at radius 2 is 2.00 bits per heavy atom. The van der Waals surface area contributed by atoms with Gasteiger partial charge in [-0.25, -0.2) is 9.97 Å². The fourth-order valence-corrected chi connectivity index (χ4v) is 3.75. The SMILES string of the molecule is CCOc1ncnc2sc(C(=O)NCCc3ccc(OC)cc3)c(C)c12. The first-order chi connectivity index (χ1) is 12.6. The summed E-state index contributed by atoms with van der Waals surface area (Å²) in [7, 11) is 1.64. The Bertz CT molecular complexity index is 906. The predicted octanol–water partition coefficient (Wildman–Crippen LogP) is 3.38. The first kappa shape index (κ1) is 18.1. The quantitative estimate of drug-likeness (QED) is 0.689. The molecule has 0 unspecified atom stereocenters. The van der Waals surface area contributed by atoms with Gasteiger partial charge in [0.25, 0.3) is 5.91 Å². The molecule has 0 spiro atoms. The van der Waals surface area contributed by atoms with Crippen molar-refractivity contribution >= 4 is 27.5 Å². The van der Waals surface area contributed by atoms with Gasteiger partial charge in [0.05, 0.1) is 24.0 Å². The first-order valence-corrected chi connectivity index (χ1v) is 9.23. The Morgan fingerprint density at radius 3 is 2.69 bits per heavy atom. The van der Waals surface area contributed by atoms with Crippen molar-refractivity contribution in [1.29, 1.82) is 0 Å². The van der Waals surface area contributed by atoms with Gasteiger partial charge >= 0.3 is 0 Å². The summed E-state index contributed by atoms with van der Waals surface area (Å²) in [6.07, 6.45) is 2.22. The number of aryl methyl sites for hydroxylation is 1. The zero-order valence-electron chi connectivity index (χ0n) is 15.0. The second kappa shape index (κ2) is 8.14. The standard InChI is InChI=1S/C19H21N3O3S/c1-4-25-18-15-12(2)16(26-19(15)22-11-21-18)17(23)20-10-9-13-5-7-14(24-3)8-6-13/h5-8,11H,4,9-10H2,1-3H3,(H,20,23). The molecule has 0 atom stereocenters. The molecular formula is C19H21N3O3S. The molecule has 1 amide bonds. The molecule has 7 heteroatoms. The molecule has 0 radical (unpaired) electrons. The van der Waals surface area contributed by atoms with Crippen LogP contribution in [0, 0.1) is 6.92 Å². The van der Waals surface area contributed by atoms with Gasteiger partial charge in [0.2, 0.25) is 5.88 Å². The van der Waals surface area contributed by atoms with Gasteiger partial charge in [-0.15, -0.1) is 11.3 Å². The van der Waals surface area contributed by atoms with Crippen LogP contribution < -0.4 is 14.8 Å². The number of nitrogens with zero attached hydrogens (tertiary/aromatic N) is 2. The lowest BCUT2D eigenvalue weighted by atomic mass is 10.1. The molecule has 0 aliphatic heterocycles. The average molecular weight is 371 g/mol. The van der Waals surface area contributed by atoms with Gasteiger partial charge in [-0.1, -0.05) is 12.1 Å². The van der Waals surface area contributed by atoms with E-state index in [4.69, 9.17) is 9.47 Å². The van der Waals surface area contributed by atoms with Crippen LogP contribution in [0.3, 0.4) is 0 Å². The number of thiophene rings is 1. The van der Waals surface area contributed by atoms with Gasteiger partial charge in [-0.3, -0.25) is 4.79 Å². The van der Waals surface area contributed by atoms with Gasteiger partial charge in [0, 0.05) is 6.54 Å². The number of benzene rings is 1. The van der Waals surface area contributed by atoms with Crippen molar-refractivity contribution < 1.29 is 14.3 Å². The molecule has 2 aromatic heterocycles. The highest BCUT2D eigenvalue weighted by Crippen LogP contribution is 2.34. The van der Waals surface area contributed by atoms with E-state index in [2.05, 4.69) is 15.3 Å². The van der Waals surface area contributed by atoms with E-state index < -0.39 is 0 Å². The molecule has 0 aliphatic rings. The van der Waals surface area contributed by atoms with Crippen LogP contribution in [0.4, 0.5) is 0 Å². The second-order valence-corrected chi connectivity index (χ2v) is 6.70. The van der Waals surface area contributed by atoms with Gasteiger partial charge < -0.3 is 14.8 Å². The lowest BCUT2D eigenvalue weighted by Gasteiger charge is -2.06. The third kappa shape index (κ3) is 3.77. The number of methoxy groups -OCH3 is 1. The van der Waals surface area contributed by atoms with Crippen molar-refractivity contribution in [3.63, 3.8) is 0 Å². The van der Waals surface area contributed by atoms with Crippen molar-refractivity contribution in [2.24, 2.45) is 0 Å². The van der Waals surface area contributed by atoms with E-state index in [-0.39, 0.29) is 5.91 Å². The topological polar surface area (TPSA) is 73.3 Å². The largest absolute Gasteiger partial charge is 0.497 e. The Hall–Kier alpha value is -2.67. The van der Waals surface area contributed by atoms with Crippen LogP contribution in [-0.4, -0.2) is 36.1 Å². The summed E-state index contributed by atoms with van der Waals surface area (Å²) in [6.45, 7) is 4.89. The molecule has 6 nitrogen and oxygen atoms in total. The van der Waals surface area contributed by atoms with Gasteiger partial charge in [-0.2, -0.15) is 0 Å². The Balaban J connectivity index is 1.69. The van der Waals surface area contributed by atoms with Gasteiger partial charge in [0.15, 0.2) is 0 Å². The van der Waals surface area contributed by atoms with E-state index in [1.165, 1.54) is 17.7 Å². The minimum Gasteiger partial charge on any atom is -0.497 e. The zero-order chi connectivity index (χ0) is 18.5. The molecule has 3 rings (SSSR count). The van der Waals surface area contributed by atoms with Crippen LogP contribution in [0.2, 0.25) is 0 Å². The number of fused-ring (bicyclic) bond motifs is 1. The van der Waals surface area contributed by atoms with Crippen molar-refractivity contribution in [1.82, 2.24) is 15.3 Å². The Morgan fingerprint density at radius 1 is 1.23 bits per heavy atom. The maximum atomic E-state index is 12.6. The molecule has 136 valence electrons. The smallest absolute Gasteiger partial charge is 0.261 e. The maximum absolute atomic E-state index is 12.6. The van der Waals surface area contributed by atoms with E-state index in [1.54, 1.807) is 7.11 Å². The van der Waals surface area contributed by atoms with Crippen molar-refractivity contribution in [3.8, 4) is 11.6 Å². The van der Waals surface area contributed by atoms with Crippen LogP contribution in [-0.2, 0) is 6.42 Å². The minimum absolute atomic E-state index is 0.0959. The lowest BCUT2D eigenvalue weighted by molar-refractivity contribution is 0.0957. The third-order valence-electron chi connectivity index (χ3n) is 4.04. The number of rotatable bonds is 7. The van der Waals surface area contributed by atoms with Crippen LogP contribution in [0.1, 0.15) is 27.7 Å². The molecule has 0 fully saturated rings. The fourth-order valence-electron chi connectivity index (χ4n) is 2.69. The summed E-state index contributed by atoms with van der Waals surface area (Å²) in [4.78, 5) is 22.4. The van der Waals surface area contributed by atoms with E-state index in [0.717, 1.165) is 33.5 Å². The summed E-state index contributed by atoms with van der Waals surface area (Å²) in [5.74, 6) is 1.26. The van der Waals surface area contributed by atoms with Crippen LogP contribution >= 0.6 is 11.3 Å². The van der Waals surface area contributed by atoms with Crippen LogP contribution in [0.5, 0.6) is 11.6 Å². The van der Waals surface area contributed by atoms with E-state index in [1.807, 2.05) is 38.1 Å². The van der Waals surface area contributed by atoms with Gasteiger partial charge in [0.1, 0.15) is 16.9 Å². The number of aromatic nitrogens is 2. The van der Waals surface area contributed by atoms with E-state index >= 15 is 0 Å². The number of ether oxygens (including phenoxy) is 2. The second-order valence-electron chi connectivity index (χ2n) is 5.70. The highest BCUT2D eigenvalue weighted by atomic mass is 32.1. The Kier molecular flexibility index (Phi) is 5.68. The fraction of sp³-hybridized carbons (Fsp3) is 0.316. The molecule has 0 saturated heterocycles. The first-order valence-electron chi connectivity index (χ1n) is 8.42. The normalized spacial score (nSPS) is 10.7. The molecule has 0 bridgehead atoms. The molecule has 3 aromatic rings. The number of hydrogen-bond donors (Lipinski definition) is 1. The molecule has 1 N–H and O–H groups in total. The average Bonchev–Trinajstić information content (AvgIpc) is 3.00. The number of amides is 1. The monoisotopic (exact) mass is 371 g/mol. The molecule has 2 heterocycles. The summed E-state index contributed by atoms with van der Waals surface area (Å²) in [6, 6.07) is 7.84. The number of carbonyl (C=O) groups is 1.